The van der Waals surface area contributed by atoms with Crippen LogP contribution in [0.2, 0.25) is 0 Å². The fourth-order valence-corrected chi connectivity index (χ4v) is 2.12. The molecule has 120 valence electrons. The summed E-state index contributed by atoms with van der Waals surface area (Å²) >= 11 is 1.43. The van der Waals surface area contributed by atoms with Crippen LogP contribution in [0.4, 0.5) is 0 Å². The molecular weight excluding hydrogens is 316 g/mol. The van der Waals surface area contributed by atoms with E-state index in [-0.39, 0.29) is 11.7 Å². The zero-order valence-corrected chi connectivity index (χ0v) is 13.4. The fraction of sp³-hybridized carbons (Fsp3) is 0.200. The van der Waals surface area contributed by atoms with Crippen LogP contribution < -0.4 is 9.47 Å². The van der Waals surface area contributed by atoms with Crippen molar-refractivity contribution >= 4 is 23.9 Å². The zero-order valence-electron chi connectivity index (χ0n) is 12.6. The van der Waals surface area contributed by atoms with Gasteiger partial charge in [0.25, 0.3) is 0 Å². The maximum atomic E-state index is 11.7. The van der Waals surface area contributed by atoms with E-state index in [4.69, 9.17) is 9.47 Å². The third-order valence-corrected chi connectivity index (χ3v) is 3.53. The molecule has 2 rings (SSSR count). The minimum atomic E-state index is -0.332. The highest BCUT2D eigenvalue weighted by molar-refractivity contribution is 8.00. The molecule has 1 aromatic carbocycles. The molecule has 0 aliphatic rings. The lowest BCUT2D eigenvalue weighted by Gasteiger charge is -2.09. The van der Waals surface area contributed by atoms with Crippen molar-refractivity contribution in [3.8, 4) is 11.5 Å². The standard InChI is InChI=1S/C15H16N4O3S/c1-3-6-23-9-15(20)22-13-5-4-12(7-14(13)21-2)8-18-19-10-16-17-11-19/h3-5,7-8,10-11H,1,6,9H2,2H3. The molecule has 0 aliphatic carbocycles. The van der Waals surface area contributed by atoms with Crippen LogP contribution >= 0.6 is 11.8 Å². The van der Waals surface area contributed by atoms with E-state index in [1.165, 1.54) is 36.2 Å². The largest absolute Gasteiger partial charge is 0.493 e. The number of carbonyl (C=O) groups excluding carboxylic acids is 1. The summed E-state index contributed by atoms with van der Waals surface area (Å²) in [6.07, 6.45) is 6.31. The number of aromatic nitrogens is 3. The second kappa shape index (κ2) is 8.74. The third-order valence-electron chi connectivity index (χ3n) is 2.61. The van der Waals surface area contributed by atoms with Crippen LogP contribution in [0.1, 0.15) is 5.56 Å². The van der Waals surface area contributed by atoms with E-state index in [0.717, 1.165) is 5.56 Å². The normalized spacial score (nSPS) is 10.7. The van der Waals surface area contributed by atoms with Gasteiger partial charge >= 0.3 is 5.97 Å². The Morgan fingerprint density at radius 2 is 2.17 bits per heavy atom. The summed E-state index contributed by atoms with van der Waals surface area (Å²) in [4.78, 5) is 11.7. The molecule has 23 heavy (non-hydrogen) atoms. The van der Waals surface area contributed by atoms with Crippen molar-refractivity contribution < 1.29 is 14.3 Å². The SMILES string of the molecule is C=CCSCC(=O)Oc1ccc(C=Nn2cnnc2)cc1OC. The van der Waals surface area contributed by atoms with Crippen molar-refractivity contribution in [2.24, 2.45) is 5.10 Å². The number of carbonyl (C=O) groups is 1. The van der Waals surface area contributed by atoms with Gasteiger partial charge in [-0.05, 0) is 23.8 Å². The predicted octanol–water partition coefficient (Wildman–Crippen LogP) is 1.99. The molecule has 0 atom stereocenters. The second-order valence-corrected chi connectivity index (χ2v) is 5.30. The van der Waals surface area contributed by atoms with E-state index >= 15 is 0 Å². The van der Waals surface area contributed by atoms with Crippen LogP contribution in [0.5, 0.6) is 11.5 Å². The smallest absolute Gasteiger partial charge is 0.321 e. The first kappa shape index (κ1) is 16.8. The number of rotatable bonds is 8. The molecule has 0 saturated carbocycles. The molecule has 0 aliphatic heterocycles. The van der Waals surface area contributed by atoms with E-state index < -0.39 is 0 Å². The van der Waals surface area contributed by atoms with Gasteiger partial charge in [-0.25, -0.2) is 4.68 Å². The molecule has 2 aromatic rings. The van der Waals surface area contributed by atoms with Crippen molar-refractivity contribution in [3.05, 3.63) is 49.1 Å². The molecule has 0 bridgehead atoms. The molecule has 7 nitrogen and oxygen atoms in total. The number of hydrogen-bond donors (Lipinski definition) is 0. The number of benzene rings is 1. The summed E-state index contributed by atoms with van der Waals surface area (Å²) in [5, 5.41) is 11.5. The van der Waals surface area contributed by atoms with Gasteiger partial charge in [0.1, 0.15) is 12.7 Å². The lowest BCUT2D eigenvalue weighted by atomic mass is 10.2. The van der Waals surface area contributed by atoms with E-state index in [0.29, 0.717) is 17.3 Å². The third kappa shape index (κ3) is 5.26. The Morgan fingerprint density at radius 1 is 1.39 bits per heavy atom. The first-order valence-electron chi connectivity index (χ1n) is 6.69. The zero-order chi connectivity index (χ0) is 16.5. The Labute approximate surface area is 138 Å². The van der Waals surface area contributed by atoms with Crippen molar-refractivity contribution in [2.75, 3.05) is 18.6 Å². The minimum absolute atomic E-state index is 0.256. The molecule has 0 unspecified atom stereocenters. The van der Waals surface area contributed by atoms with Crippen molar-refractivity contribution in [3.63, 3.8) is 0 Å². The highest BCUT2D eigenvalue weighted by Crippen LogP contribution is 2.28. The van der Waals surface area contributed by atoms with E-state index in [2.05, 4.69) is 21.9 Å². The van der Waals surface area contributed by atoms with E-state index in [9.17, 15) is 4.79 Å². The van der Waals surface area contributed by atoms with Gasteiger partial charge in [-0.1, -0.05) is 6.08 Å². The second-order valence-electron chi connectivity index (χ2n) is 4.27. The molecule has 0 amide bonds. The topological polar surface area (TPSA) is 78.6 Å². The number of thioether (sulfide) groups is 1. The van der Waals surface area contributed by atoms with Crippen LogP contribution in [-0.2, 0) is 4.79 Å². The van der Waals surface area contributed by atoms with Crippen LogP contribution in [0, 0.1) is 0 Å². The Bertz CT molecular complexity index is 686. The first-order valence-corrected chi connectivity index (χ1v) is 7.84. The van der Waals surface area contributed by atoms with Gasteiger partial charge in [-0.2, -0.15) is 5.10 Å². The Hall–Kier alpha value is -2.61. The molecule has 1 aromatic heterocycles. The van der Waals surface area contributed by atoms with Crippen LogP contribution in [0.25, 0.3) is 0 Å². The Morgan fingerprint density at radius 3 is 2.87 bits per heavy atom. The highest BCUT2D eigenvalue weighted by Gasteiger charge is 2.10. The van der Waals surface area contributed by atoms with Crippen LogP contribution in [0.3, 0.4) is 0 Å². The summed E-state index contributed by atoms with van der Waals surface area (Å²) in [5.41, 5.74) is 0.788. The lowest BCUT2D eigenvalue weighted by Crippen LogP contribution is -2.11. The molecular formula is C15H16N4O3S. The van der Waals surface area contributed by atoms with Gasteiger partial charge in [0.05, 0.1) is 19.1 Å². The number of nitrogens with zero attached hydrogens (tertiary/aromatic N) is 4. The minimum Gasteiger partial charge on any atom is -0.493 e. The van der Waals surface area contributed by atoms with Crippen LogP contribution in [-0.4, -0.2) is 45.7 Å². The van der Waals surface area contributed by atoms with Gasteiger partial charge in [0, 0.05) is 5.75 Å². The fourth-order valence-electron chi connectivity index (χ4n) is 1.61. The molecule has 0 spiro atoms. The van der Waals surface area contributed by atoms with Crippen molar-refractivity contribution in [1.82, 2.24) is 14.9 Å². The Balaban J connectivity index is 2.04. The highest BCUT2D eigenvalue weighted by atomic mass is 32.2. The number of hydrogen-bond acceptors (Lipinski definition) is 7. The maximum Gasteiger partial charge on any atom is 0.321 e. The summed E-state index contributed by atoms with van der Waals surface area (Å²) in [5.74, 6) is 1.45. The molecule has 0 saturated heterocycles. The van der Waals surface area contributed by atoms with Gasteiger partial charge in [0.2, 0.25) is 0 Å². The molecule has 8 heteroatoms. The van der Waals surface area contributed by atoms with Gasteiger partial charge in [-0.3, -0.25) is 4.79 Å². The quantitative estimate of drug-likeness (QED) is 0.242. The lowest BCUT2D eigenvalue weighted by molar-refractivity contribution is -0.131. The number of esters is 1. The van der Waals surface area contributed by atoms with Gasteiger partial charge < -0.3 is 9.47 Å². The summed E-state index contributed by atoms with van der Waals surface area (Å²) in [6.45, 7) is 3.60. The van der Waals surface area contributed by atoms with E-state index in [1.807, 2.05) is 0 Å². The summed E-state index contributed by atoms with van der Waals surface area (Å²) in [6, 6.07) is 5.17. The van der Waals surface area contributed by atoms with Crippen molar-refractivity contribution in [2.45, 2.75) is 0 Å². The van der Waals surface area contributed by atoms with Gasteiger partial charge in [0.15, 0.2) is 11.5 Å². The average Bonchev–Trinajstić information content (AvgIpc) is 3.07. The molecule has 1 heterocycles. The van der Waals surface area contributed by atoms with Crippen molar-refractivity contribution in [1.29, 1.82) is 0 Å². The predicted molar refractivity (Wildman–Crippen MR) is 89.2 cm³/mol. The Kier molecular flexibility index (Phi) is 6.37. The summed E-state index contributed by atoms with van der Waals surface area (Å²) in [7, 11) is 1.51. The first-order chi connectivity index (χ1) is 11.2. The monoisotopic (exact) mass is 332 g/mol. The average molecular weight is 332 g/mol. The number of ether oxygens (including phenoxy) is 2. The molecule has 0 fully saturated rings. The molecule has 0 N–H and O–H groups in total. The van der Waals surface area contributed by atoms with E-state index in [1.54, 1.807) is 30.5 Å². The van der Waals surface area contributed by atoms with Gasteiger partial charge in [-0.15, -0.1) is 28.5 Å². The molecule has 0 radical (unpaired) electrons. The maximum absolute atomic E-state index is 11.7. The van der Waals surface area contributed by atoms with Crippen LogP contribution in [0.15, 0.2) is 48.6 Å². The summed E-state index contributed by atoms with van der Waals surface area (Å²) < 4.78 is 12.0. The number of methoxy groups -OCH3 is 1.